The molecule has 2 rings (SSSR count). The van der Waals surface area contributed by atoms with Gasteiger partial charge in [0.25, 0.3) is 5.91 Å². The van der Waals surface area contributed by atoms with Gasteiger partial charge in [0, 0.05) is 0 Å². The summed E-state index contributed by atoms with van der Waals surface area (Å²) in [6.07, 6.45) is -0.579. The monoisotopic (exact) mass is 249 g/mol. The van der Waals surface area contributed by atoms with Crippen LogP contribution in [0.2, 0.25) is 0 Å². The summed E-state index contributed by atoms with van der Waals surface area (Å²) in [5, 5.41) is 8.90. The Balaban J connectivity index is 2.27. The molecule has 1 aliphatic heterocycles. The molecule has 1 amide bonds. The van der Waals surface area contributed by atoms with E-state index in [1.54, 1.807) is 6.92 Å². The molecule has 1 saturated heterocycles. The number of nitrogens with zero attached hydrogens (tertiary/aromatic N) is 1. The van der Waals surface area contributed by atoms with Gasteiger partial charge < -0.3 is 14.7 Å². The van der Waals surface area contributed by atoms with Gasteiger partial charge in [0.05, 0.1) is 12.6 Å². The molecule has 1 aliphatic rings. The van der Waals surface area contributed by atoms with Crippen molar-refractivity contribution >= 4 is 11.9 Å². The maximum absolute atomic E-state index is 12.0. The molecule has 5 nitrogen and oxygen atoms in total. The maximum atomic E-state index is 12.0. The summed E-state index contributed by atoms with van der Waals surface area (Å²) in [7, 11) is 0. The minimum absolute atomic E-state index is 0.280. The molecule has 18 heavy (non-hydrogen) atoms. The predicted molar refractivity (Wildman–Crippen MR) is 63.9 cm³/mol. The van der Waals surface area contributed by atoms with E-state index in [1.165, 1.54) is 4.90 Å². The van der Waals surface area contributed by atoms with Crippen LogP contribution in [0.15, 0.2) is 30.3 Å². The first-order valence-electron chi connectivity index (χ1n) is 5.78. The normalized spacial score (nSPS) is 24.1. The number of morpholine rings is 1. The largest absolute Gasteiger partial charge is 0.480 e. The van der Waals surface area contributed by atoms with Crippen LogP contribution in [-0.2, 0) is 14.3 Å². The van der Waals surface area contributed by atoms with Gasteiger partial charge in [-0.05, 0) is 12.5 Å². The topological polar surface area (TPSA) is 66.8 Å². The molecule has 96 valence electrons. The number of hydrogen-bond acceptors (Lipinski definition) is 3. The molecule has 1 N–H and O–H groups in total. The Kier molecular flexibility index (Phi) is 3.62. The standard InChI is InChI=1S/C13H15NO4/c1-9-13(17)14(7-12(15)16)11(8-18-9)10-5-3-2-4-6-10/h2-6,9,11H,7-8H2,1H3,(H,15,16)/t9-,11+/m1/s1. The van der Waals surface area contributed by atoms with E-state index in [2.05, 4.69) is 0 Å². The molecule has 0 unspecified atom stereocenters. The van der Waals surface area contributed by atoms with Crippen LogP contribution in [0.25, 0.3) is 0 Å². The van der Waals surface area contributed by atoms with Crippen molar-refractivity contribution in [2.24, 2.45) is 0 Å². The first-order valence-corrected chi connectivity index (χ1v) is 5.78. The Morgan fingerprint density at radius 2 is 2.11 bits per heavy atom. The van der Waals surface area contributed by atoms with E-state index < -0.39 is 12.1 Å². The summed E-state index contributed by atoms with van der Waals surface area (Å²) < 4.78 is 5.38. The van der Waals surface area contributed by atoms with Gasteiger partial charge in [-0.2, -0.15) is 0 Å². The molecule has 0 spiro atoms. The number of amides is 1. The van der Waals surface area contributed by atoms with Crippen molar-refractivity contribution in [3.63, 3.8) is 0 Å². The smallest absolute Gasteiger partial charge is 0.323 e. The fraction of sp³-hybridized carbons (Fsp3) is 0.385. The van der Waals surface area contributed by atoms with Gasteiger partial charge in [-0.1, -0.05) is 30.3 Å². The Bertz CT molecular complexity index is 446. The molecule has 1 fully saturated rings. The molecule has 0 bridgehead atoms. The SMILES string of the molecule is C[C@H]1OC[C@@H](c2ccccc2)N(CC(=O)O)C1=O. The summed E-state index contributed by atoms with van der Waals surface area (Å²) in [6.45, 7) is 1.66. The van der Waals surface area contributed by atoms with Crippen molar-refractivity contribution in [2.75, 3.05) is 13.2 Å². The average molecular weight is 249 g/mol. The number of carboxylic acids is 1. The van der Waals surface area contributed by atoms with Crippen molar-refractivity contribution in [3.05, 3.63) is 35.9 Å². The van der Waals surface area contributed by atoms with Crippen molar-refractivity contribution in [1.82, 2.24) is 4.90 Å². The number of carboxylic acid groups (broad SMARTS) is 1. The highest BCUT2D eigenvalue weighted by Crippen LogP contribution is 2.26. The second-order valence-corrected chi connectivity index (χ2v) is 4.26. The Morgan fingerprint density at radius 3 is 2.72 bits per heavy atom. The molecule has 2 atom stereocenters. The molecule has 0 aromatic heterocycles. The van der Waals surface area contributed by atoms with Crippen molar-refractivity contribution in [1.29, 1.82) is 0 Å². The lowest BCUT2D eigenvalue weighted by Gasteiger charge is -2.37. The Labute approximate surface area is 105 Å². The van der Waals surface area contributed by atoms with Gasteiger partial charge in [0.2, 0.25) is 0 Å². The lowest BCUT2D eigenvalue weighted by atomic mass is 10.0. The van der Waals surface area contributed by atoms with Crippen LogP contribution < -0.4 is 0 Å². The van der Waals surface area contributed by atoms with Crippen LogP contribution in [0.1, 0.15) is 18.5 Å². The summed E-state index contributed by atoms with van der Waals surface area (Å²) >= 11 is 0. The number of ether oxygens (including phenoxy) is 1. The zero-order valence-corrected chi connectivity index (χ0v) is 10.1. The van der Waals surface area contributed by atoms with Crippen LogP contribution in [0.4, 0.5) is 0 Å². The van der Waals surface area contributed by atoms with Gasteiger partial charge in [0.1, 0.15) is 12.6 Å². The van der Waals surface area contributed by atoms with Crippen LogP contribution in [0.3, 0.4) is 0 Å². The summed E-state index contributed by atoms with van der Waals surface area (Å²) in [5.41, 5.74) is 0.888. The number of hydrogen-bond donors (Lipinski definition) is 1. The Hall–Kier alpha value is -1.88. The number of carbonyl (C=O) groups is 2. The minimum Gasteiger partial charge on any atom is -0.480 e. The molecule has 1 aromatic rings. The zero-order chi connectivity index (χ0) is 13.1. The van der Waals surface area contributed by atoms with Gasteiger partial charge in [-0.25, -0.2) is 0 Å². The number of aliphatic carboxylic acids is 1. The summed E-state index contributed by atoms with van der Waals surface area (Å²) in [5.74, 6) is -1.30. The average Bonchev–Trinajstić information content (AvgIpc) is 2.36. The van der Waals surface area contributed by atoms with E-state index in [0.717, 1.165) is 5.56 Å². The molecule has 1 heterocycles. The first-order chi connectivity index (χ1) is 8.59. The Morgan fingerprint density at radius 1 is 1.44 bits per heavy atom. The molecule has 0 radical (unpaired) electrons. The number of rotatable bonds is 3. The minimum atomic E-state index is -1.02. The zero-order valence-electron chi connectivity index (χ0n) is 10.1. The third-order valence-corrected chi connectivity index (χ3v) is 3.00. The molecule has 5 heteroatoms. The quantitative estimate of drug-likeness (QED) is 0.869. The highest BCUT2D eigenvalue weighted by Gasteiger charge is 2.35. The lowest BCUT2D eigenvalue weighted by molar-refractivity contribution is -0.163. The van der Waals surface area contributed by atoms with E-state index >= 15 is 0 Å². The second-order valence-electron chi connectivity index (χ2n) is 4.26. The van der Waals surface area contributed by atoms with Gasteiger partial charge >= 0.3 is 5.97 Å². The van der Waals surface area contributed by atoms with Gasteiger partial charge in [-0.3, -0.25) is 9.59 Å². The highest BCUT2D eigenvalue weighted by molar-refractivity contribution is 5.85. The van der Waals surface area contributed by atoms with Crippen molar-refractivity contribution < 1.29 is 19.4 Å². The van der Waals surface area contributed by atoms with Gasteiger partial charge in [-0.15, -0.1) is 0 Å². The van der Waals surface area contributed by atoms with Gasteiger partial charge in [0.15, 0.2) is 0 Å². The summed E-state index contributed by atoms with van der Waals surface area (Å²) in [6, 6.07) is 9.00. The van der Waals surface area contributed by atoms with Crippen LogP contribution in [0.5, 0.6) is 0 Å². The van der Waals surface area contributed by atoms with Crippen LogP contribution >= 0.6 is 0 Å². The van der Waals surface area contributed by atoms with Crippen molar-refractivity contribution in [3.8, 4) is 0 Å². The van der Waals surface area contributed by atoms with E-state index in [9.17, 15) is 9.59 Å². The number of carbonyl (C=O) groups excluding carboxylic acids is 1. The predicted octanol–water partition coefficient (Wildman–Crippen LogP) is 1.06. The molecule has 0 aliphatic carbocycles. The van der Waals surface area contributed by atoms with E-state index in [4.69, 9.17) is 9.84 Å². The van der Waals surface area contributed by atoms with E-state index in [-0.39, 0.29) is 18.5 Å². The first kappa shape index (κ1) is 12.6. The fourth-order valence-corrected chi connectivity index (χ4v) is 2.07. The molecular weight excluding hydrogens is 234 g/mol. The van der Waals surface area contributed by atoms with Crippen LogP contribution in [0, 0.1) is 0 Å². The fourth-order valence-electron chi connectivity index (χ4n) is 2.07. The molecule has 0 saturated carbocycles. The van der Waals surface area contributed by atoms with Crippen molar-refractivity contribution in [2.45, 2.75) is 19.1 Å². The summed E-state index contributed by atoms with van der Waals surface area (Å²) in [4.78, 5) is 24.2. The van der Waals surface area contributed by atoms with E-state index in [0.29, 0.717) is 6.61 Å². The maximum Gasteiger partial charge on any atom is 0.323 e. The molecular formula is C13H15NO4. The molecule has 1 aromatic carbocycles. The number of benzene rings is 1. The lowest BCUT2D eigenvalue weighted by Crippen LogP contribution is -2.50. The third-order valence-electron chi connectivity index (χ3n) is 3.00. The second kappa shape index (κ2) is 5.18. The third kappa shape index (κ3) is 2.51. The van der Waals surface area contributed by atoms with Crippen LogP contribution in [-0.4, -0.2) is 41.1 Å². The highest BCUT2D eigenvalue weighted by atomic mass is 16.5. The van der Waals surface area contributed by atoms with E-state index in [1.807, 2.05) is 30.3 Å².